The van der Waals surface area contributed by atoms with E-state index in [0.717, 1.165) is 23.1 Å². The Bertz CT molecular complexity index is 470. The number of aromatic nitrogens is 2. The summed E-state index contributed by atoms with van der Waals surface area (Å²) in [7, 11) is 1.91. The van der Waals surface area contributed by atoms with Crippen LogP contribution in [0.3, 0.4) is 0 Å². The number of aryl methyl sites for hydroxylation is 1. The van der Waals surface area contributed by atoms with Crippen molar-refractivity contribution >= 4 is 35.8 Å². The number of halogens is 3. The van der Waals surface area contributed by atoms with Gasteiger partial charge in [0, 0.05) is 18.1 Å². The third kappa shape index (κ3) is 2.64. The second-order valence-electron chi connectivity index (χ2n) is 3.30. The molecule has 0 amide bonds. The Morgan fingerprint density at radius 2 is 2.06 bits per heavy atom. The Balaban J connectivity index is 0.00000112. The summed E-state index contributed by atoms with van der Waals surface area (Å²) < 4.78 is 14.8. The predicted octanol–water partition coefficient (Wildman–Crippen LogP) is 2.06. The molecule has 0 radical (unpaired) electrons. The van der Waals surface area contributed by atoms with Crippen LogP contribution in [0.1, 0.15) is 5.69 Å². The first-order valence-corrected chi connectivity index (χ1v) is 4.52. The van der Waals surface area contributed by atoms with Crippen molar-refractivity contribution in [3.63, 3.8) is 0 Å². The molecule has 0 aromatic carbocycles. The summed E-state index contributed by atoms with van der Waals surface area (Å²) in [4.78, 5) is 4.03. The van der Waals surface area contributed by atoms with Gasteiger partial charge in [-0.2, -0.15) is 0 Å². The van der Waals surface area contributed by atoms with E-state index in [-0.39, 0.29) is 30.6 Å². The van der Waals surface area contributed by atoms with Crippen LogP contribution in [0.5, 0.6) is 0 Å². The number of rotatable bonds is 2. The van der Waals surface area contributed by atoms with Gasteiger partial charge in [0.15, 0.2) is 0 Å². The zero-order valence-electron chi connectivity index (χ0n) is 8.81. The van der Waals surface area contributed by atoms with Gasteiger partial charge >= 0.3 is 0 Å². The molecule has 0 saturated heterocycles. The molecule has 0 unspecified atom stereocenters. The molecular formula is C10H14Cl2FN3. The summed E-state index contributed by atoms with van der Waals surface area (Å²) in [6.45, 7) is 0.590. The molecule has 2 heterocycles. The van der Waals surface area contributed by atoms with Gasteiger partial charge in [0.05, 0.1) is 6.20 Å². The first-order valence-electron chi connectivity index (χ1n) is 4.52. The topological polar surface area (TPSA) is 43.8 Å². The van der Waals surface area contributed by atoms with Gasteiger partial charge in [0.2, 0.25) is 0 Å². The summed E-state index contributed by atoms with van der Waals surface area (Å²) >= 11 is 0. The largest absolute Gasteiger partial charge is 0.333 e. The Labute approximate surface area is 106 Å². The van der Waals surface area contributed by atoms with Crippen LogP contribution in [0, 0.1) is 5.82 Å². The molecule has 0 aliphatic carbocycles. The van der Waals surface area contributed by atoms with Gasteiger partial charge in [-0.25, -0.2) is 9.37 Å². The lowest BCUT2D eigenvalue weighted by Gasteiger charge is -2.00. The fraction of sp³-hybridized carbons (Fsp3) is 0.300. The van der Waals surface area contributed by atoms with E-state index in [1.807, 2.05) is 17.7 Å². The molecule has 0 aliphatic heterocycles. The Morgan fingerprint density at radius 3 is 2.69 bits per heavy atom. The zero-order chi connectivity index (χ0) is 10.1. The van der Waals surface area contributed by atoms with Gasteiger partial charge in [0.1, 0.15) is 11.5 Å². The van der Waals surface area contributed by atoms with E-state index < -0.39 is 0 Å². The molecule has 0 fully saturated rings. The first-order chi connectivity index (χ1) is 6.72. The van der Waals surface area contributed by atoms with Crippen molar-refractivity contribution < 1.29 is 4.39 Å². The van der Waals surface area contributed by atoms with Crippen LogP contribution < -0.4 is 5.73 Å². The first kappa shape index (κ1) is 15.2. The van der Waals surface area contributed by atoms with Crippen LogP contribution in [0.25, 0.3) is 11.0 Å². The van der Waals surface area contributed by atoms with Gasteiger partial charge in [-0.1, -0.05) is 0 Å². The number of pyridine rings is 1. The molecule has 0 atom stereocenters. The predicted molar refractivity (Wildman–Crippen MR) is 67.9 cm³/mol. The van der Waals surface area contributed by atoms with Gasteiger partial charge in [-0.05, 0) is 25.1 Å². The van der Waals surface area contributed by atoms with E-state index in [0.29, 0.717) is 6.54 Å². The van der Waals surface area contributed by atoms with E-state index >= 15 is 0 Å². The molecule has 90 valence electrons. The maximum Gasteiger partial charge on any atom is 0.142 e. The lowest BCUT2D eigenvalue weighted by atomic mass is 10.3. The molecule has 2 aromatic rings. The molecule has 2 rings (SSSR count). The Hall–Kier alpha value is -0.840. The highest BCUT2D eigenvalue weighted by Crippen LogP contribution is 2.17. The molecule has 0 spiro atoms. The number of nitrogens with two attached hydrogens (primary N) is 1. The van der Waals surface area contributed by atoms with Crippen molar-refractivity contribution in [2.75, 3.05) is 6.54 Å². The quantitative estimate of drug-likeness (QED) is 0.904. The van der Waals surface area contributed by atoms with Crippen LogP contribution in [-0.2, 0) is 13.5 Å². The third-order valence-electron chi connectivity index (χ3n) is 2.33. The van der Waals surface area contributed by atoms with Crippen molar-refractivity contribution in [3.8, 4) is 0 Å². The maximum atomic E-state index is 12.9. The van der Waals surface area contributed by atoms with Gasteiger partial charge in [-0.3, -0.25) is 0 Å². The summed E-state index contributed by atoms with van der Waals surface area (Å²) in [5.74, 6) is -0.303. The summed E-state index contributed by atoms with van der Waals surface area (Å²) in [6, 6.07) is 3.42. The molecule has 6 heteroatoms. The fourth-order valence-corrected chi connectivity index (χ4v) is 1.63. The number of hydrogen-bond donors (Lipinski definition) is 1. The fourth-order valence-electron chi connectivity index (χ4n) is 1.63. The smallest absolute Gasteiger partial charge is 0.142 e. The zero-order valence-corrected chi connectivity index (χ0v) is 10.4. The van der Waals surface area contributed by atoms with Crippen molar-refractivity contribution in [2.45, 2.75) is 6.42 Å². The molecule has 3 nitrogen and oxygen atoms in total. The average molecular weight is 266 g/mol. The molecule has 2 aromatic heterocycles. The van der Waals surface area contributed by atoms with E-state index in [2.05, 4.69) is 4.98 Å². The molecule has 0 aliphatic rings. The molecular weight excluding hydrogens is 252 g/mol. The second-order valence-corrected chi connectivity index (χ2v) is 3.30. The van der Waals surface area contributed by atoms with Crippen LogP contribution in [-0.4, -0.2) is 16.1 Å². The highest BCUT2D eigenvalue weighted by Gasteiger charge is 2.06. The molecule has 16 heavy (non-hydrogen) atoms. The molecule has 0 saturated carbocycles. The standard InChI is InChI=1S/C10H12FN3.2ClH/c1-14-9(2-3-12)5-7-4-8(11)6-13-10(7)14;;/h4-6H,2-3,12H2,1H3;2*1H. The van der Waals surface area contributed by atoms with Gasteiger partial charge in [0.25, 0.3) is 0 Å². The minimum atomic E-state index is -0.303. The minimum absolute atomic E-state index is 0. The summed E-state index contributed by atoms with van der Waals surface area (Å²) in [5, 5.41) is 0.830. The average Bonchev–Trinajstić information content (AvgIpc) is 2.44. The minimum Gasteiger partial charge on any atom is -0.333 e. The Morgan fingerprint density at radius 1 is 1.38 bits per heavy atom. The molecule has 2 N–H and O–H groups in total. The van der Waals surface area contributed by atoms with Crippen molar-refractivity contribution in [3.05, 3.63) is 29.8 Å². The number of hydrogen-bond acceptors (Lipinski definition) is 2. The van der Waals surface area contributed by atoms with E-state index in [1.165, 1.54) is 12.3 Å². The van der Waals surface area contributed by atoms with Crippen molar-refractivity contribution in [1.29, 1.82) is 0 Å². The van der Waals surface area contributed by atoms with Crippen LogP contribution in [0.2, 0.25) is 0 Å². The van der Waals surface area contributed by atoms with E-state index in [4.69, 9.17) is 5.73 Å². The normalized spacial score (nSPS) is 9.69. The Kier molecular flexibility index (Phi) is 5.72. The SMILES string of the molecule is Cl.Cl.Cn1c(CCN)cc2cc(F)cnc21. The van der Waals surface area contributed by atoms with Crippen molar-refractivity contribution in [2.24, 2.45) is 12.8 Å². The van der Waals surface area contributed by atoms with Crippen LogP contribution in [0.15, 0.2) is 18.3 Å². The van der Waals surface area contributed by atoms with E-state index in [1.54, 1.807) is 0 Å². The summed E-state index contributed by atoms with van der Waals surface area (Å²) in [5.41, 5.74) is 7.36. The number of nitrogens with zero attached hydrogens (tertiary/aromatic N) is 2. The van der Waals surface area contributed by atoms with Crippen molar-refractivity contribution in [1.82, 2.24) is 9.55 Å². The lowest BCUT2D eigenvalue weighted by molar-refractivity contribution is 0.623. The third-order valence-corrected chi connectivity index (χ3v) is 2.33. The molecule has 0 bridgehead atoms. The number of fused-ring (bicyclic) bond motifs is 1. The highest BCUT2D eigenvalue weighted by atomic mass is 35.5. The van der Waals surface area contributed by atoms with Gasteiger partial charge < -0.3 is 10.3 Å². The van der Waals surface area contributed by atoms with Crippen LogP contribution in [0.4, 0.5) is 4.39 Å². The highest BCUT2D eigenvalue weighted by molar-refractivity contribution is 5.85. The second kappa shape index (κ2) is 6.03. The maximum absolute atomic E-state index is 12.9. The monoisotopic (exact) mass is 265 g/mol. The lowest BCUT2D eigenvalue weighted by Crippen LogP contribution is -2.06. The van der Waals surface area contributed by atoms with Gasteiger partial charge in [-0.15, -0.1) is 24.8 Å². The summed E-state index contributed by atoms with van der Waals surface area (Å²) in [6.07, 6.45) is 2.02. The van der Waals surface area contributed by atoms with Crippen LogP contribution >= 0.6 is 24.8 Å². The van der Waals surface area contributed by atoms with E-state index in [9.17, 15) is 4.39 Å².